The molecule has 1 fully saturated rings. The lowest BCUT2D eigenvalue weighted by Gasteiger charge is -2.34. The van der Waals surface area contributed by atoms with E-state index in [1.165, 1.54) is 0 Å². The van der Waals surface area contributed by atoms with Crippen LogP contribution < -0.4 is 4.74 Å². The summed E-state index contributed by atoms with van der Waals surface area (Å²) in [5.41, 5.74) is 0. The van der Waals surface area contributed by atoms with Crippen molar-refractivity contribution in [1.29, 1.82) is 0 Å². The molecule has 2 unspecified atom stereocenters. The first-order chi connectivity index (χ1) is 11.5. The lowest BCUT2D eigenvalue weighted by atomic mass is 9.93. The van der Waals surface area contributed by atoms with Crippen molar-refractivity contribution in [1.82, 2.24) is 4.90 Å². The predicted molar refractivity (Wildman–Crippen MR) is 92.3 cm³/mol. The number of carbonyl (C=O) groups excluding carboxylic acids is 1. The van der Waals surface area contributed by atoms with E-state index in [0.29, 0.717) is 36.7 Å². The number of benzene rings is 1. The number of hydrogen-bond donors (Lipinski definition) is 1. The van der Waals surface area contributed by atoms with Crippen LogP contribution in [0.15, 0.2) is 24.3 Å². The first-order valence-electron chi connectivity index (χ1n) is 8.43. The molecule has 1 amide bonds. The van der Waals surface area contributed by atoms with Gasteiger partial charge in [0.1, 0.15) is 5.75 Å². The van der Waals surface area contributed by atoms with E-state index >= 15 is 0 Å². The standard InChI is InChI=1S/C18H24ClNO4/c1-2-15(24-16-8-4-3-7-14(16)19)18(23)20-11-5-6-13(12-20)9-10-17(21)22/h3-4,7-8,13,15H,2,5-6,9-12H2,1H3,(H,21,22). The molecule has 5 nitrogen and oxygen atoms in total. The summed E-state index contributed by atoms with van der Waals surface area (Å²) >= 11 is 6.10. The summed E-state index contributed by atoms with van der Waals surface area (Å²) in [6.07, 6.45) is 2.63. The van der Waals surface area contributed by atoms with Gasteiger partial charge in [0.2, 0.25) is 0 Å². The Morgan fingerprint density at radius 3 is 2.83 bits per heavy atom. The molecule has 1 aliphatic heterocycles. The van der Waals surface area contributed by atoms with Crippen molar-refractivity contribution in [3.63, 3.8) is 0 Å². The molecule has 132 valence electrons. The van der Waals surface area contributed by atoms with Crippen molar-refractivity contribution in [3.8, 4) is 5.75 Å². The number of aliphatic carboxylic acids is 1. The third kappa shape index (κ3) is 5.13. The molecule has 0 saturated carbocycles. The van der Waals surface area contributed by atoms with Crippen molar-refractivity contribution in [2.45, 2.75) is 45.1 Å². The van der Waals surface area contributed by atoms with Crippen molar-refractivity contribution >= 4 is 23.5 Å². The number of likely N-dealkylation sites (tertiary alicyclic amines) is 1. The van der Waals surface area contributed by atoms with E-state index in [4.69, 9.17) is 21.4 Å². The summed E-state index contributed by atoms with van der Waals surface area (Å²) in [7, 11) is 0. The number of halogens is 1. The molecule has 6 heteroatoms. The number of amides is 1. The fourth-order valence-corrected chi connectivity index (χ4v) is 3.21. The number of para-hydroxylation sites is 1. The number of hydrogen-bond acceptors (Lipinski definition) is 3. The summed E-state index contributed by atoms with van der Waals surface area (Å²) in [4.78, 5) is 25.3. The summed E-state index contributed by atoms with van der Waals surface area (Å²) in [6.45, 7) is 3.21. The number of carboxylic acid groups (broad SMARTS) is 1. The number of piperidine rings is 1. The quantitative estimate of drug-likeness (QED) is 0.813. The lowest BCUT2D eigenvalue weighted by molar-refractivity contribution is -0.141. The Balaban J connectivity index is 1.97. The molecule has 1 aromatic rings. The van der Waals surface area contributed by atoms with Gasteiger partial charge in [-0.2, -0.15) is 0 Å². The zero-order chi connectivity index (χ0) is 17.5. The van der Waals surface area contributed by atoms with Crippen LogP contribution in [0, 0.1) is 5.92 Å². The number of rotatable bonds is 7. The molecule has 1 aliphatic rings. The third-order valence-corrected chi connectivity index (χ3v) is 4.66. The van der Waals surface area contributed by atoms with Crippen LogP contribution in [0.25, 0.3) is 0 Å². The molecule has 1 heterocycles. The Bertz CT molecular complexity index is 578. The van der Waals surface area contributed by atoms with Gasteiger partial charge in [0.15, 0.2) is 6.10 Å². The van der Waals surface area contributed by atoms with Crippen LogP contribution in [-0.4, -0.2) is 41.1 Å². The molecule has 1 saturated heterocycles. The highest BCUT2D eigenvalue weighted by molar-refractivity contribution is 6.32. The molecular formula is C18H24ClNO4. The average Bonchev–Trinajstić information content (AvgIpc) is 2.59. The maximum Gasteiger partial charge on any atom is 0.303 e. The third-order valence-electron chi connectivity index (χ3n) is 4.35. The van der Waals surface area contributed by atoms with E-state index in [-0.39, 0.29) is 18.2 Å². The Morgan fingerprint density at radius 1 is 1.42 bits per heavy atom. The van der Waals surface area contributed by atoms with Crippen molar-refractivity contribution in [2.24, 2.45) is 5.92 Å². The number of nitrogens with zero attached hydrogens (tertiary/aromatic N) is 1. The van der Waals surface area contributed by atoms with Gasteiger partial charge in [0, 0.05) is 19.5 Å². The summed E-state index contributed by atoms with van der Waals surface area (Å²) < 4.78 is 5.83. The van der Waals surface area contributed by atoms with Crippen LogP contribution in [0.3, 0.4) is 0 Å². The molecule has 0 aromatic heterocycles. The van der Waals surface area contributed by atoms with Gasteiger partial charge in [-0.1, -0.05) is 30.7 Å². The molecule has 24 heavy (non-hydrogen) atoms. The van der Waals surface area contributed by atoms with Gasteiger partial charge < -0.3 is 14.7 Å². The van der Waals surface area contributed by atoms with Crippen LogP contribution in [0.2, 0.25) is 5.02 Å². The first kappa shape index (κ1) is 18.6. The van der Waals surface area contributed by atoms with Crippen LogP contribution in [0.1, 0.15) is 39.0 Å². The van der Waals surface area contributed by atoms with Gasteiger partial charge in [-0.25, -0.2) is 0 Å². The number of carboxylic acids is 1. The van der Waals surface area contributed by atoms with Gasteiger partial charge >= 0.3 is 5.97 Å². The minimum atomic E-state index is -0.785. The second kappa shape index (κ2) is 8.92. The van der Waals surface area contributed by atoms with Crippen molar-refractivity contribution < 1.29 is 19.4 Å². The summed E-state index contributed by atoms with van der Waals surface area (Å²) in [6, 6.07) is 7.12. The van der Waals surface area contributed by atoms with Crippen LogP contribution in [0.4, 0.5) is 0 Å². The zero-order valence-electron chi connectivity index (χ0n) is 13.9. The zero-order valence-corrected chi connectivity index (χ0v) is 14.7. The molecule has 0 spiro atoms. The van der Waals surface area contributed by atoms with Gasteiger partial charge in [-0.3, -0.25) is 9.59 Å². The van der Waals surface area contributed by atoms with E-state index in [2.05, 4.69) is 0 Å². The molecule has 0 aliphatic carbocycles. The highest BCUT2D eigenvalue weighted by Crippen LogP contribution is 2.27. The number of carbonyl (C=O) groups is 2. The minimum absolute atomic E-state index is 0.0440. The second-order valence-electron chi connectivity index (χ2n) is 6.17. The molecule has 0 bridgehead atoms. The van der Waals surface area contributed by atoms with Crippen LogP contribution >= 0.6 is 11.6 Å². The van der Waals surface area contributed by atoms with Crippen LogP contribution in [0.5, 0.6) is 5.75 Å². The smallest absolute Gasteiger partial charge is 0.303 e. The SMILES string of the molecule is CCC(Oc1ccccc1Cl)C(=O)N1CCCC(CCC(=O)O)C1. The van der Waals surface area contributed by atoms with Crippen molar-refractivity contribution in [2.75, 3.05) is 13.1 Å². The van der Waals surface area contributed by atoms with Crippen molar-refractivity contribution in [3.05, 3.63) is 29.3 Å². The fraction of sp³-hybridized carbons (Fsp3) is 0.556. The monoisotopic (exact) mass is 353 g/mol. The lowest BCUT2D eigenvalue weighted by Crippen LogP contribution is -2.46. The first-order valence-corrected chi connectivity index (χ1v) is 8.80. The van der Waals surface area contributed by atoms with Gasteiger partial charge in [-0.05, 0) is 43.7 Å². The normalized spacial score (nSPS) is 18.9. The molecule has 2 atom stereocenters. The minimum Gasteiger partial charge on any atom is -0.481 e. The molecule has 0 radical (unpaired) electrons. The Kier molecular flexibility index (Phi) is 6.91. The Morgan fingerprint density at radius 2 is 2.17 bits per heavy atom. The van der Waals surface area contributed by atoms with E-state index in [1.807, 2.05) is 19.1 Å². The molecule has 1 aromatic carbocycles. The fourth-order valence-electron chi connectivity index (χ4n) is 3.03. The molecular weight excluding hydrogens is 330 g/mol. The van der Waals surface area contributed by atoms with Gasteiger partial charge in [-0.15, -0.1) is 0 Å². The summed E-state index contributed by atoms with van der Waals surface area (Å²) in [5.74, 6) is -0.0696. The maximum atomic E-state index is 12.8. The highest BCUT2D eigenvalue weighted by Gasteiger charge is 2.29. The number of ether oxygens (including phenoxy) is 1. The largest absolute Gasteiger partial charge is 0.481 e. The van der Waals surface area contributed by atoms with Gasteiger partial charge in [0.25, 0.3) is 5.91 Å². The second-order valence-corrected chi connectivity index (χ2v) is 6.58. The Hall–Kier alpha value is -1.75. The van der Waals surface area contributed by atoms with E-state index in [1.54, 1.807) is 17.0 Å². The highest BCUT2D eigenvalue weighted by atomic mass is 35.5. The Labute approximate surface area is 147 Å². The summed E-state index contributed by atoms with van der Waals surface area (Å²) in [5, 5.41) is 9.31. The maximum absolute atomic E-state index is 12.8. The van der Waals surface area contributed by atoms with E-state index < -0.39 is 12.1 Å². The molecule has 1 N–H and O–H groups in total. The molecule has 2 rings (SSSR count). The average molecular weight is 354 g/mol. The van der Waals surface area contributed by atoms with Crippen LogP contribution in [-0.2, 0) is 9.59 Å². The predicted octanol–water partition coefficient (Wildman–Crippen LogP) is 3.60. The topological polar surface area (TPSA) is 66.8 Å². The van der Waals surface area contributed by atoms with E-state index in [0.717, 1.165) is 12.8 Å². The van der Waals surface area contributed by atoms with E-state index in [9.17, 15) is 9.59 Å². The van der Waals surface area contributed by atoms with Gasteiger partial charge in [0.05, 0.1) is 5.02 Å².